The molecule has 1 aliphatic heterocycles. The smallest absolute Gasteiger partial charge is 0.294 e. The zero-order valence-corrected chi connectivity index (χ0v) is 19.1. The van der Waals surface area contributed by atoms with Gasteiger partial charge in [-0.25, -0.2) is 0 Å². The first-order chi connectivity index (χ1) is 15.3. The molecule has 0 aliphatic carbocycles. The van der Waals surface area contributed by atoms with E-state index in [1.165, 1.54) is 6.08 Å². The molecule has 0 radical (unpaired) electrons. The zero-order chi connectivity index (χ0) is 22.8. The van der Waals surface area contributed by atoms with Crippen LogP contribution in [-0.4, -0.2) is 28.5 Å². The lowest BCUT2D eigenvalue weighted by molar-refractivity contribution is -0.127. The van der Waals surface area contributed by atoms with E-state index < -0.39 is 17.1 Å². The molecule has 1 N–H and O–H groups in total. The molecule has 1 aliphatic rings. The Bertz CT molecular complexity index is 1270. The average molecular weight is 487 g/mol. The van der Waals surface area contributed by atoms with Gasteiger partial charge in [0, 0.05) is 17.3 Å². The predicted octanol–water partition coefficient (Wildman–Crippen LogP) is 6.24. The third-order valence-electron chi connectivity index (χ3n) is 4.58. The number of halogens is 2. The van der Waals surface area contributed by atoms with Gasteiger partial charge in [0.25, 0.3) is 11.1 Å². The van der Waals surface area contributed by atoms with Crippen molar-refractivity contribution in [3.8, 4) is 11.3 Å². The first kappa shape index (κ1) is 22.2. The summed E-state index contributed by atoms with van der Waals surface area (Å²) in [6.07, 6.45) is 1.48. The van der Waals surface area contributed by atoms with E-state index in [-0.39, 0.29) is 11.4 Å². The molecule has 162 valence electrons. The fraction of sp³-hybridized carbons (Fsp3) is 0.0870. The van der Waals surface area contributed by atoms with Crippen LogP contribution in [0.1, 0.15) is 11.3 Å². The van der Waals surface area contributed by atoms with Gasteiger partial charge in [-0.3, -0.25) is 19.3 Å². The third-order valence-corrected chi connectivity index (χ3v) is 6.23. The highest BCUT2D eigenvalue weighted by Crippen LogP contribution is 2.34. The number of thioether (sulfide) groups is 1. The molecule has 1 aromatic heterocycles. The van der Waals surface area contributed by atoms with Crippen molar-refractivity contribution < 1.29 is 18.8 Å². The summed E-state index contributed by atoms with van der Waals surface area (Å²) in [5.41, 5.74) is 2.30. The Labute approximate surface area is 198 Å². The number of carbonyl (C=O) groups excluding carboxylic acids is 3. The number of amides is 3. The maximum absolute atomic E-state index is 12.7. The summed E-state index contributed by atoms with van der Waals surface area (Å²) in [7, 11) is 0. The van der Waals surface area contributed by atoms with Gasteiger partial charge in [-0.1, -0.05) is 35.3 Å². The summed E-state index contributed by atoms with van der Waals surface area (Å²) in [6.45, 7) is 1.53. The van der Waals surface area contributed by atoms with Crippen molar-refractivity contribution >= 4 is 63.8 Å². The van der Waals surface area contributed by atoms with Crippen LogP contribution in [-0.2, 0) is 9.59 Å². The molecule has 0 unspecified atom stereocenters. The van der Waals surface area contributed by atoms with Crippen molar-refractivity contribution in [2.24, 2.45) is 0 Å². The maximum atomic E-state index is 12.7. The second kappa shape index (κ2) is 9.24. The SMILES string of the molecule is Cc1cccc(NC(=O)CN2C(=O)S/C(=C/c3ccc(-c4ccc(Cl)c(Cl)c4)o3)C2=O)c1. The van der Waals surface area contributed by atoms with Crippen molar-refractivity contribution in [1.82, 2.24) is 4.90 Å². The molecular weight excluding hydrogens is 471 g/mol. The normalized spacial score (nSPS) is 15.0. The number of aryl methyl sites for hydroxylation is 1. The first-order valence-corrected chi connectivity index (χ1v) is 11.0. The minimum Gasteiger partial charge on any atom is -0.457 e. The number of anilines is 1. The number of carbonyl (C=O) groups is 3. The topological polar surface area (TPSA) is 79.6 Å². The van der Waals surface area contributed by atoms with Crippen molar-refractivity contribution in [1.29, 1.82) is 0 Å². The summed E-state index contributed by atoms with van der Waals surface area (Å²) in [4.78, 5) is 38.4. The minimum absolute atomic E-state index is 0.174. The van der Waals surface area contributed by atoms with E-state index in [2.05, 4.69) is 5.32 Å². The Kier molecular flexibility index (Phi) is 6.41. The van der Waals surface area contributed by atoms with E-state index >= 15 is 0 Å². The van der Waals surface area contributed by atoms with Crippen molar-refractivity contribution in [3.63, 3.8) is 0 Å². The second-order valence-electron chi connectivity index (χ2n) is 7.02. The molecule has 2 heterocycles. The summed E-state index contributed by atoms with van der Waals surface area (Å²) in [5.74, 6) is -0.0849. The van der Waals surface area contributed by atoms with Crippen LogP contribution in [0.15, 0.2) is 63.9 Å². The molecular formula is C23H16Cl2N2O4S. The molecule has 1 saturated heterocycles. The van der Waals surface area contributed by atoms with E-state index in [1.54, 1.807) is 42.5 Å². The van der Waals surface area contributed by atoms with Crippen LogP contribution in [0.4, 0.5) is 10.5 Å². The van der Waals surface area contributed by atoms with E-state index in [9.17, 15) is 14.4 Å². The number of hydrogen-bond donors (Lipinski definition) is 1. The van der Waals surface area contributed by atoms with E-state index in [0.29, 0.717) is 27.3 Å². The molecule has 0 atom stereocenters. The Morgan fingerprint density at radius 3 is 2.66 bits per heavy atom. The fourth-order valence-electron chi connectivity index (χ4n) is 3.07. The third kappa shape index (κ3) is 4.91. The molecule has 9 heteroatoms. The Hall–Kier alpha value is -3.00. The van der Waals surface area contributed by atoms with Gasteiger partial charge in [-0.15, -0.1) is 0 Å². The molecule has 4 rings (SSSR count). The molecule has 3 amide bonds. The van der Waals surface area contributed by atoms with Crippen LogP contribution in [0.25, 0.3) is 17.4 Å². The number of benzene rings is 2. The molecule has 0 saturated carbocycles. The largest absolute Gasteiger partial charge is 0.457 e. The van der Waals surface area contributed by atoms with Crippen molar-refractivity contribution in [3.05, 3.63) is 80.9 Å². The molecule has 2 aromatic carbocycles. The summed E-state index contributed by atoms with van der Waals surface area (Å²) in [5, 5.41) is 3.00. The van der Waals surface area contributed by atoms with Crippen molar-refractivity contribution in [2.45, 2.75) is 6.92 Å². The minimum atomic E-state index is -0.549. The standard InChI is InChI=1S/C23H16Cl2N2O4S/c1-13-3-2-4-15(9-13)26-21(28)12-27-22(29)20(32-23(27)30)11-16-6-8-19(31-16)14-5-7-17(24)18(25)10-14/h2-11H,12H2,1H3,(H,26,28)/b20-11+. The van der Waals surface area contributed by atoms with Crippen molar-refractivity contribution in [2.75, 3.05) is 11.9 Å². The van der Waals surface area contributed by atoms with Gasteiger partial charge in [-0.05, 0) is 66.7 Å². The highest BCUT2D eigenvalue weighted by molar-refractivity contribution is 8.18. The maximum Gasteiger partial charge on any atom is 0.294 e. The van der Waals surface area contributed by atoms with Gasteiger partial charge in [0.15, 0.2) is 0 Å². The van der Waals surface area contributed by atoms with E-state index in [4.69, 9.17) is 27.6 Å². The molecule has 0 bridgehead atoms. The van der Waals surface area contributed by atoms with E-state index in [0.717, 1.165) is 27.8 Å². The number of hydrogen-bond acceptors (Lipinski definition) is 5. The lowest BCUT2D eigenvalue weighted by Gasteiger charge is -2.12. The van der Waals surface area contributed by atoms with Gasteiger partial charge in [0.1, 0.15) is 18.1 Å². The van der Waals surface area contributed by atoms with Crippen LogP contribution in [0.5, 0.6) is 0 Å². The van der Waals surface area contributed by atoms with Gasteiger partial charge in [-0.2, -0.15) is 0 Å². The monoisotopic (exact) mass is 486 g/mol. The first-order valence-electron chi connectivity index (χ1n) is 9.47. The van der Waals surface area contributed by atoms with Crippen LogP contribution in [0.3, 0.4) is 0 Å². The molecule has 32 heavy (non-hydrogen) atoms. The average Bonchev–Trinajstić information content (AvgIpc) is 3.30. The number of nitrogens with one attached hydrogen (secondary N) is 1. The quantitative estimate of drug-likeness (QED) is 0.431. The van der Waals surface area contributed by atoms with Crippen LogP contribution in [0, 0.1) is 6.92 Å². The second-order valence-corrected chi connectivity index (χ2v) is 8.82. The Morgan fingerprint density at radius 2 is 1.91 bits per heavy atom. The number of imide groups is 1. The predicted molar refractivity (Wildman–Crippen MR) is 127 cm³/mol. The highest BCUT2D eigenvalue weighted by Gasteiger charge is 2.36. The molecule has 0 spiro atoms. The number of nitrogens with zero attached hydrogens (tertiary/aromatic N) is 1. The molecule has 6 nitrogen and oxygen atoms in total. The summed E-state index contributed by atoms with van der Waals surface area (Å²) in [6, 6.07) is 15.7. The van der Waals surface area contributed by atoms with E-state index in [1.807, 2.05) is 19.1 Å². The van der Waals surface area contributed by atoms with Gasteiger partial charge in [0.2, 0.25) is 5.91 Å². The Morgan fingerprint density at radius 1 is 1.09 bits per heavy atom. The summed E-state index contributed by atoms with van der Waals surface area (Å²) < 4.78 is 5.76. The van der Waals surface area contributed by atoms with Gasteiger partial charge >= 0.3 is 0 Å². The zero-order valence-electron chi connectivity index (χ0n) is 16.7. The highest BCUT2D eigenvalue weighted by atomic mass is 35.5. The lowest BCUT2D eigenvalue weighted by atomic mass is 10.2. The molecule has 1 fully saturated rings. The number of furan rings is 1. The number of rotatable bonds is 5. The fourth-order valence-corrected chi connectivity index (χ4v) is 4.18. The van der Waals surface area contributed by atoms with Crippen LogP contribution >= 0.6 is 35.0 Å². The van der Waals surface area contributed by atoms with Crippen LogP contribution in [0.2, 0.25) is 10.0 Å². The van der Waals surface area contributed by atoms with Crippen LogP contribution < -0.4 is 5.32 Å². The van der Waals surface area contributed by atoms with Gasteiger partial charge in [0.05, 0.1) is 15.0 Å². The van der Waals surface area contributed by atoms with Gasteiger partial charge < -0.3 is 9.73 Å². The summed E-state index contributed by atoms with van der Waals surface area (Å²) >= 11 is 12.7. The Balaban J connectivity index is 1.46. The molecule has 3 aromatic rings. The lowest BCUT2D eigenvalue weighted by Crippen LogP contribution is -2.36.